The van der Waals surface area contributed by atoms with Crippen molar-refractivity contribution in [1.29, 1.82) is 0 Å². The normalized spacial score (nSPS) is 25.7. The third-order valence-corrected chi connectivity index (χ3v) is 6.83. The Balaban J connectivity index is 0. The predicted molar refractivity (Wildman–Crippen MR) is 131 cm³/mol. The van der Waals surface area contributed by atoms with Crippen molar-refractivity contribution >= 4 is 11.9 Å². The van der Waals surface area contributed by atoms with E-state index in [4.69, 9.17) is 9.73 Å². The monoisotopic (exact) mass is 460 g/mol. The van der Waals surface area contributed by atoms with Crippen LogP contribution in [0.25, 0.3) is 0 Å². The van der Waals surface area contributed by atoms with Crippen molar-refractivity contribution in [3.8, 4) is 0 Å². The molecule has 0 aromatic heterocycles. The Morgan fingerprint density at radius 3 is 1.53 bits per heavy atom. The summed E-state index contributed by atoms with van der Waals surface area (Å²) in [7, 11) is 0. The maximum atomic E-state index is 5.08. The third-order valence-electron chi connectivity index (χ3n) is 6.83. The third kappa shape index (κ3) is 8.12. The molecule has 0 bridgehead atoms. The van der Waals surface area contributed by atoms with Crippen LogP contribution in [0.3, 0.4) is 0 Å². The Morgan fingerprint density at radius 1 is 0.833 bits per heavy atom. The van der Waals surface area contributed by atoms with Gasteiger partial charge in [0.1, 0.15) is 0 Å². The van der Waals surface area contributed by atoms with Crippen LogP contribution in [0.1, 0.15) is 92.2 Å². The minimum atomic E-state index is 0. The summed E-state index contributed by atoms with van der Waals surface area (Å²) in [6, 6.07) is 6.68. The van der Waals surface area contributed by atoms with Gasteiger partial charge < -0.3 is 12.2 Å². The van der Waals surface area contributed by atoms with Crippen molar-refractivity contribution < 1.29 is 21.2 Å². The molecule has 2 nitrogen and oxygen atoms in total. The molecule has 1 aliphatic rings. The van der Waals surface area contributed by atoms with Gasteiger partial charge in [0.2, 0.25) is 0 Å². The molecule has 0 radical (unpaired) electrons. The van der Waals surface area contributed by atoms with E-state index in [9.17, 15) is 0 Å². The molecule has 0 aliphatic heterocycles. The van der Waals surface area contributed by atoms with Gasteiger partial charge in [-0.05, 0) is 66.4 Å². The van der Waals surface area contributed by atoms with Gasteiger partial charge in [-0.15, -0.1) is 0 Å². The average molecular weight is 461 g/mol. The Labute approximate surface area is 198 Å². The number of aliphatic imine (C=N–C) groups is 1. The van der Waals surface area contributed by atoms with Crippen LogP contribution in [-0.4, -0.2) is 19.4 Å². The van der Waals surface area contributed by atoms with Gasteiger partial charge in [0.15, 0.2) is 0 Å². The Morgan fingerprint density at radius 2 is 1.23 bits per heavy atom. The van der Waals surface area contributed by atoms with Crippen LogP contribution in [0.15, 0.2) is 23.2 Å². The Kier molecular flexibility index (Phi) is 16.0. The van der Waals surface area contributed by atoms with E-state index in [0.717, 1.165) is 36.9 Å². The van der Waals surface area contributed by atoms with Crippen molar-refractivity contribution in [2.45, 2.75) is 81.1 Å². The van der Waals surface area contributed by atoms with E-state index < -0.39 is 0 Å². The average Bonchev–Trinajstić information content (AvgIpc) is 2.84. The van der Waals surface area contributed by atoms with Crippen LogP contribution < -0.4 is 0 Å². The van der Waals surface area contributed by atoms with Gasteiger partial charge in [0.05, 0.1) is 5.69 Å². The van der Waals surface area contributed by atoms with Crippen molar-refractivity contribution in [3.05, 3.63) is 36.8 Å². The number of hydrogen-bond donors (Lipinski definition) is 0. The molecule has 4 unspecified atom stereocenters. The van der Waals surface area contributed by atoms with E-state index in [2.05, 4.69) is 79.8 Å². The summed E-state index contributed by atoms with van der Waals surface area (Å²) in [5, 5.41) is 0. The molecule has 0 amide bonds. The molecule has 3 heteroatoms. The smallest absolute Gasteiger partial charge is 0.0694 e. The van der Waals surface area contributed by atoms with Crippen LogP contribution in [-0.2, 0) is 21.2 Å². The molecule has 0 saturated heterocycles. The first kappa shape index (κ1) is 31.5. The fourth-order valence-electron chi connectivity index (χ4n) is 4.43. The van der Waals surface area contributed by atoms with Crippen LogP contribution in [0.2, 0.25) is 0 Å². The number of benzene rings is 1. The quantitative estimate of drug-likeness (QED) is 0.237. The van der Waals surface area contributed by atoms with Gasteiger partial charge in [-0.25, -0.2) is 0 Å². The van der Waals surface area contributed by atoms with Crippen LogP contribution in [0.4, 0.5) is 5.69 Å². The van der Waals surface area contributed by atoms with E-state index in [0.29, 0.717) is 17.8 Å². The molecular formula is C27H48NNiO-. The molecule has 0 spiro atoms. The summed E-state index contributed by atoms with van der Waals surface area (Å²) < 4.78 is 4.83. The van der Waals surface area contributed by atoms with Gasteiger partial charge in [0, 0.05) is 35.9 Å². The summed E-state index contributed by atoms with van der Waals surface area (Å²) in [5.41, 5.74) is 3.99. The van der Waals surface area contributed by atoms with Crippen molar-refractivity contribution in [2.75, 3.05) is 13.2 Å². The maximum Gasteiger partial charge on any atom is 0.0694 e. The summed E-state index contributed by atoms with van der Waals surface area (Å²) >= 11 is 0. The molecule has 178 valence electrons. The number of para-hydroxylation sites is 1. The van der Waals surface area contributed by atoms with Crippen LogP contribution in [0, 0.1) is 37.0 Å². The molecule has 1 aromatic carbocycles. The molecule has 0 heterocycles. The minimum absolute atomic E-state index is 0. The molecule has 1 fully saturated rings. The summed E-state index contributed by atoms with van der Waals surface area (Å²) in [6.07, 6.45) is 2.28. The standard InChI is InChI=1S/C22H35N.C4H10O.CH3.Ni/c1-13(2)19-10-9-11-20(14(3)4)22(19)23-12-21-17(7)15(5)16(6)18(21)8;1-3-5-4-2;;/h9-18,21H,1-8H3;3-4H2,1-2H3;1H3;/q;;-1;. The zero-order valence-corrected chi connectivity index (χ0v) is 22.4. The Hall–Kier alpha value is -0.656. The van der Waals surface area contributed by atoms with Crippen LogP contribution >= 0.6 is 0 Å². The first-order chi connectivity index (χ1) is 13.2. The number of ether oxygens (including phenoxy) is 1. The fourth-order valence-corrected chi connectivity index (χ4v) is 4.43. The largest absolute Gasteiger partial charge is 0.382 e. The fraction of sp³-hybridized carbons (Fsp3) is 0.704. The number of rotatable bonds is 6. The Bertz CT molecular complexity index is 569. The maximum absolute atomic E-state index is 5.08. The second-order valence-electron chi connectivity index (χ2n) is 9.17. The van der Waals surface area contributed by atoms with Crippen molar-refractivity contribution in [2.24, 2.45) is 34.6 Å². The molecule has 4 atom stereocenters. The minimum Gasteiger partial charge on any atom is -0.382 e. The molecule has 1 aliphatic carbocycles. The molecule has 2 rings (SSSR count). The summed E-state index contributed by atoms with van der Waals surface area (Å²) in [6.45, 7) is 24.3. The van der Waals surface area contributed by atoms with E-state index in [-0.39, 0.29) is 23.9 Å². The van der Waals surface area contributed by atoms with Gasteiger partial charge in [-0.3, -0.25) is 4.99 Å². The number of nitrogens with zero attached hydrogens (tertiary/aromatic N) is 1. The number of hydrogen-bond acceptors (Lipinski definition) is 2. The predicted octanol–water partition coefficient (Wildman–Crippen LogP) is 8.30. The van der Waals surface area contributed by atoms with Gasteiger partial charge in [0.25, 0.3) is 0 Å². The first-order valence-electron chi connectivity index (χ1n) is 11.4. The molecule has 30 heavy (non-hydrogen) atoms. The van der Waals surface area contributed by atoms with Crippen molar-refractivity contribution in [3.63, 3.8) is 0 Å². The second-order valence-corrected chi connectivity index (χ2v) is 9.17. The first-order valence-corrected chi connectivity index (χ1v) is 11.4. The van der Waals surface area contributed by atoms with Gasteiger partial charge in [-0.2, -0.15) is 0 Å². The van der Waals surface area contributed by atoms with E-state index in [1.807, 2.05) is 13.8 Å². The SMILES string of the molecule is CC(C)c1cccc(C(C)C)c1N=CC1C(C)C(C)C(C)C1C.CCOCC.[CH3-].[Ni]. The molecule has 0 N–H and O–H groups in total. The zero-order chi connectivity index (χ0) is 21.4. The molecule has 1 aromatic rings. The molecule has 1 saturated carbocycles. The zero-order valence-electron chi connectivity index (χ0n) is 21.4. The van der Waals surface area contributed by atoms with E-state index in [1.54, 1.807) is 0 Å². The van der Waals surface area contributed by atoms with Crippen molar-refractivity contribution in [1.82, 2.24) is 0 Å². The topological polar surface area (TPSA) is 21.6 Å². The molecular weight excluding hydrogens is 413 g/mol. The van der Waals surface area contributed by atoms with E-state index in [1.165, 1.54) is 16.8 Å². The van der Waals surface area contributed by atoms with Crippen LogP contribution in [0.5, 0.6) is 0 Å². The summed E-state index contributed by atoms with van der Waals surface area (Å²) in [4.78, 5) is 5.08. The summed E-state index contributed by atoms with van der Waals surface area (Å²) in [5.74, 6) is 4.63. The van der Waals surface area contributed by atoms with Gasteiger partial charge in [-0.1, -0.05) is 73.6 Å². The second kappa shape index (κ2) is 15.2. The van der Waals surface area contributed by atoms with Gasteiger partial charge >= 0.3 is 0 Å². The van der Waals surface area contributed by atoms with E-state index >= 15 is 0 Å².